The molecule has 0 nitrogen and oxygen atoms in total. The summed E-state index contributed by atoms with van der Waals surface area (Å²) < 4.78 is 0. The van der Waals surface area contributed by atoms with E-state index < -0.39 is 0 Å². The van der Waals surface area contributed by atoms with Gasteiger partial charge in [0.05, 0.1) is 0 Å². The highest BCUT2D eigenvalue weighted by molar-refractivity contribution is 5.92. The molecule has 562 valence electrons. The van der Waals surface area contributed by atoms with Gasteiger partial charge in [0.2, 0.25) is 0 Å². The molecule has 20 aromatic carbocycles. The van der Waals surface area contributed by atoms with Crippen LogP contribution in [0.3, 0.4) is 0 Å². The number of hydrogen-bond donors (Lipinski definition) is 0. The molecular formula is C120H82. The number of rotatable bonds is 19. The molecule has 0 atom stereocenters. The quantitative estimate of drug-likeness (QED) is 0.0757. The normalized spacial score (nSPS) is 11.2. The molecule has 0 N–H and O–H groups in total. The van der Waals surface area contributed by atoms with Crippen molar-refractivity contribution in [3.8, 4) is 211 Å². The minimum atomic E-state index is 1.12. The Morgan fingerprint density at radius 1 is 0.0500 bits per heavy atom. The van der Waals surface area contributed by atoms with Gasteiger partial charge in [-0.05, 0) is 321 Å². The lowest BCUT2D eigenvalue weighted by Gasteiger charge is -2.16. The van der Waals surface area contributed by atoms with E-state index in [2.05, 4.69) is 497 Å². The molecule has 0 saturated carbocycles. The molecule has 0 saturated heterocycles. The molecule has 0 bridgehead atoms. The molecule has 0 aliphatic heterocycles. The van der Waals surface area contributed by atoms with E-state index in [1.54, 1.807) is 0 Å². The molecule has 0 aliphatic rings. The van der Waals surface area contributed by atoms with Crippen molar-refractivity contribution in [2.45, 2.75) is 0 Å². The van der Waals surface area contributed by atoms with Gasteiger partial charge in [0.15, 0.2) is 0 Å². The van der Waals surface area contributed by atoms with E-state index in [0.717, 1.165) is 122 Å². The lowest BCUT2D eigenvalue weighted by Crippen LogP contribution is -1.90. The highest BCUT2D eigenvalue weighted by Crippen LogP contribution is 2.44. The van der Waals surface area contributed by atoms with Crippen LogP contribution in [0.4, 0.5) is 0 Å². The first-order chi connectivity index (χ1) is 59.4. The fourth-order valence-corrected chi connectivity index (χ4v) is 17.0. The third kappa shape index (κ3) is 16.0. The number of benzene rings is 20. The SMILES string of the molecule is c1ccc(-c2ccc(-c3cccc(-c4cc(-c5cccc(-c6cccc(-c7ccccc7)c6)c5)cc(-c5cccc(-c6cc(-c7cccc(-c8ccc(-c9ccccc9)cc8)c7)cc(-c7cccc(-c8cc(-c9cccc(-c%10ccc(-c%11ccccc%11)cc%10)c9)cc(-c9cccc(-c%10cccc(-c%11ccccc%11)c%10)c9)c8)c7)c6)c5)c4)c3)cc2)cc1. The monoisotopic (exact) mass is 1520 g/mol. The van der Waals surface area contributed by atoms with Crippen LogP contribution in [-0.2, 0) is 0 Å². The van der Waals surface area contributed by atoms with Gasteiger partial charge in [-0.3, -0.25) is 0 Å². The van der Waals surface area contributed by atoms with Crippen LogP contribution in [0.25, 0.3) is 211 Å². The van der Waals surface area contributed by atoms with E-state index in [9.17, 15) is 0 Å². The molecule has 120 heavy (non-hydrogen) atoms. The second kappa shape index (κ2) is 33.3. The van der Waals surface area contributed by atoms with E-state index in [4.69, 9.17) is 0 Å². The molecule has 0 heterocycles. The Morgan fingerprint density at radius 2 is 0.125 bits per heavy atom. The first kappa shape index (κ1) is 73.3. The molecule has 20 rings (SSSR count). The fraction of sp³-hybridized carbons (Fsp3) is 0. The fourth-order valence-electron chi connectivity index (χ4n) is 17.0. The minimum absolute atomic E-state index is 1.12. The lowest BCUT2D eigenvalue weighted by atomic mass is 9.88. The van der Waals surface area contributed by atoms with Gasteiger partial charge in [-0.15, -0.1) is 0 Å². The molecule has 0 unspecified atom stereocenters. The Labute approximate surface area is 704 Å². The van der Waals surface area contributed by atoms with Crippen molar-refractivity contribution in [3.63, 3.8) is 0 Å². The van der Waals surface area contributed by atoms with Crippen LogP contribution >= 0.6 is 0 Å². The van der Waals surface area contributed by atoms with Gasteiger partial charge < -0.3 is 0 Å². The Kier molecular flexibility index (Phi) is 20.4. The molecule has 0 aromatic heterocycles. The predicted octanol–water partition coefficient (Wildman–Crippen LogP) is 33.4. The van der Waals surface area contributed by atoms with Crippen LogP contribution in [0.15, 0.2) is 497 Å². The van der Waals surface area contributed by atoms with E-state index >= 15 is 0 Å². The zero-order valence-electron chi connectivity index (χ0n) is 66.3. The second-order valence-electron chi connectivity index (χ2n) is 31.2. The minimum Gasteiger partial charge on any atom is -0.0622 e. The van der Waals surface area contributed by atoms with Gasteiger partial charge in [0.1, 0.15) is 0 Å². The topological polar surface area (TPSA) is 0 Å². The van der Waals surface area contributed by atoms with Crippen molar-refractivity contribution in [3.05, 3.63) is 497 Å². The predicted molar refractivity (Wildman–Crippen MR) is 510 cm³/mol. The zero-order chi connectivity index (χ0) is 79.9. The van der Waals surface area contributed by atoms with Gasteiger partial charge in [-0.2, -0.15) is 0 Å². The van der Waals surface area contributed by atoms with Crippen molar-refractivity contribution < 1.29 is 0 Å². The molecule has 20 aromatic rings. The van der Waals surface area contributed by atoms with Crippen LogP contribution in [0.2, 0.25) is 0 Å². The highest BCUT2D eigenvalue weighted by atomic mass is 14.2. The summed E-state index contributed by atoms with van der Waals surface area (Å²) in [7, 11) is 0. The summed E-state index contributed by atoms with van der Waals surface area (Å²) in [6, 6.07) is 183. The number of hydrogen-bond acceptors (Lipinski definition) is 0. The summed E-state index contributed by atoms with van der Waals surface area (Å²) in [5, 5.41) is 0. The van der Waals surface area contributed by atoms with E-state index in [1.807, 2.05) is 0 Å². The average molecular weight is 1520 g/mol. The maximum absolute atomic E-state index is 2.41. The van der Waals surface area contributed by atoms with Gasteiger partial charge in [0.25, 0.3) is 0 Å². The van der Waals surface area contributed by atoms with Crippen LogP contribution in [-0.4, -0.2) is 0 Å². The third-order valence-corrected chi connectivity index (χ3v) is 23.4. The molecule has 0 spiro atoms. The van der Waals surface area contributed by atoms with E-state index in [-0.39, 0.29) is 0 Å². The van der Waals surface area contributed by atoms with Crippen LogP contribution in [0.5, 0.6) is 0 Å². The van der Waals surface area contributed by atoms with Crippen molar-refractivity contribution in [1.82, 2.24) is 0 Å². The van der Waals surface area contributed by atoms with Crippen molar-refractivity contribution in [1.29, 1.82) is 0 Å². The van der Waals surface area contributed by atoms with Crippen LogP contribution < -0.4 is 0 Å². The van der Waals surface area contributed by atoms with Gasteiger partial charge in [0, 0.05) is 0 Å². The molecule has 0 aliphatic carbocycles. The van der Waals surface area contributed by atoms with Crippen molar-refractivity contribution in [2.75, 3.05) is 0 Å². The molecule has 0 radical (unpaired) electrons. The standard InChI is InChI=1S/C120H82/c1-6-25-83(26-7-1)88-53-59-91(60-54-88)96-37-18-44-103(67-96)112-74-115(106-47-21-42-101(70-106)99-40-16-35-94(65-99)86-31-12-4-13-32-86)80-117(76-112)108-49-23-51-110(72-108)119-78-114(105-46-20-39-98(69-105)93-63-57-90(58-64-93)85-29-10-3-11-30-85)79-120(82-119)111-52-24-50-109(73-111)118-77-113(104-45-19-38-97(68-104)92-61-55-89(56-62-92)84-27-8-2-9-28-84)75-116(81-118)107-48-22-43-102(71-107)100-41-17-36-95(66-100)87-33-14-5-15-34-87/h1-82H. The van der Waals surface area contributed by atoms with Crippen LogP contribution in [0.1, 0.15) is 0 Å². The maximum Gasteiger partial charge on any atom is -0.0171 e. The molecule has 0 amide bonds. The summed E-state index contributed by atoms with van der Waals surface area (Å²) >= 11 is 0. The lowest BCUT2D eigenvalue weighted by molar-refractivity contribution is 1.53. The van der Waals surface area contributed by atoms with Gasteiger partial charge in [-0.25, -0.2) is 0 Å². The largest absolute Gasteiger partial charge is 0.0622 e. The first-order valence-corrected chi connectivity index (χ1v) is 41.4. The summed E-state index contributed by atoms with van der Waals surface area (Å²) in [5.74, 6) is 0. The van der Waals surface area contributed by atoms with Gasteiger partial charge in [-0.1, -0.05) is 388 Å². The first-order valence-electron chi connectivity index (χ1n) is 41.4. The Morgan fingerprint density at radius 3 is 0.258 bits per heavy atom. The zero-order valence-corrected chi connectivity index (χ0v) is 66.3. The summed E-state index contributed by atoms with van der Waals surface area (Å²) in [4.78, 5) is 0. The molecular weight excluding hydrogens is 1440 g/mol. The maximum atomic E-state index is 2.41. The summed E-state index contributed by atoms with van der Waals surface area (Å²) in [6.45, 7) is 0. The van der Waals surface area contributed by atoms with Crippen molar-refractivity contribution in [2.24, 2.45) is 0 Å². The smallest absolute Gasteiger partial charge is 0.0171 e. The molecule has 0 fully saturated rings. The summed E-state index contributed by atoms with van der Waals surface area (Å²) in [5.41, 5.74) is 44.0. The summed E-state index contributed by atoms with van der Waals surface area (Å²) in [6.07, 6.45) is 0. The highest BCUT2D eigenvalue weighted by Gasteiger charge is 2.18. The third-order valence-electron chi connectivity index (χ3n) is 23.4. The van der Waals surface area contributed by atoms with Gasteiger partial charge >= 0.3 is 0 Å². The van der Waals surface area contributed by atoms with Crippen molar-refractivity contribution >= 4 is 0 Å². The Balaban J connectivity index is 0.711. The Hall–Kier alpha value is -15.6. The second-order valence-corrected chi connectivity index (χ2v) is 31.2. The van der Waals surface area contributed by atoms with Crippen LogP contribution in [0, 0.1) is 0 Å². The Bertz CT molecular complexity index is 6700. The van der Waals surface area contributed by atoms with E-state index in [1.165, 1.54) is 89.0 Å². The van der Waals surface area contributed by atoms with E-state index in [0.29, 0.717) is 0 Å². The molecule has 0 heteroatoms. The average Bonchev–Trinajstić information content (AvgIpc) is 0.781.